The van der Waals surface area contributed by atoms with Gasteiger partial charge in [-0.2, -0.15) is 4.79 Å². The number of thioether (sulfide) groups is 1. The Hall–Kier alpha value is -1.03. The van der Waals surface area contributed by atoms with E-state index < -0.39 is 0 Å². The van der Waals surface area contributed by atoms with Gasteiger partial charge in [0.05, 0.1) is 12.7 Å². The first-order valence-electron chi connectivity index (χ1n) is 5.79. The quantitative estimate of drug-likeness (QED) is 0.541. The third-order valence-electron chi connectivity index (χ3n) is 2.18. The highest BCUT2D eigenvalue weighted by Crippen LogP contribution is 2.29. The lowest BCUT2D eigenvalue weighted by Gasteiger charge is -2.18. The van der Waals surface area contributed by atoms with Gasteiger partial charge >= 0.3 is 5.71 Å². The fourth-order valence-electron chi connectivity index (χ4n) is 1.53. The Bertz CT molecular complexity index is 371. The fraction of sp³-hybridized carbons (Fsp3) is 0.583. The molecule has 0 radical (unpaired) electrons. The average molecular weight is 254 g/mol. The Morgan fingerprint density at radius 3 is 2.65 bits per heavy atom. The molecule has 0 aromatic heterocycles. The Morgan fingerprint density at radius 1 is 1.35 bits per heavy atom. The van der Waals surface area contributed by atoms with Crippen LogP contribution in [0.1, 0.15) is 20.8 Å². The smallest absolute Gasteiger partial charge is 0.328 e. The van der Waals surface area contributed by atoms with Crippen molar-refractivity contribution in [3.63, 3.8) is 0 Å². The van der Waals surface area contributed by atoms with Crippen molar-refractivity contribution in [2.75, 3.05) is 19.0 Å². The summed E-state index contributed by atoms with van der Waals surface area (Å²) in [5, 5.41) is 0. The molecule has 0 amide bonds. The summed E-state index contributed by atoms with van der Waals surface area (Å²) in [6.45, 7) is 7.09. The van der Waals surface area contributed by atoms with Gasteiger partial charge in [0.15, 0.2) is 6.10 Å². The first kappa shape index (κ1) is 14.0. The van der Waals surface area contributed by atoms with Crippen molar-refractivity contribution >= 4 is 17.5 Å². The summed E-state index contributed by atoms with van der Waals surface area (Å²) in [5.41, 5.74) is 9.44. The zero-order valence-corrected chi connectivity index (χ0v) is 11.3. The third-order valence-corrected chi connectivity index (χ3v) is 3.11. The molecule has 0 fully saturated rings. The van der Waals surface area contributed by atoms with Crippen LogP contribution in [-0.4, -0.2) is 35.6 Å². The molecule has 0 bridgehead atoms. The maximum atomic E-state index is 8.96. The minimum atomic E-state index is -0.289. The van der Waals surface area contributed by atoms with E-state index in [2.05, 4.69) is 11.7 Å². The summed E-state index contributed by atoms with van der Waals surface area (Å²) >= 11 is 1.69. The lowest BCUT2D eigenvalue weighted by Crippen LogP contribution is -2.25. The van der Waals surface area contributed by atoms with E-state index in [-0.39, 0.29) is 6.10 Å². The van der Waals surface area contributed by atoms with Gasteiger partial charge in [-0.1, -0.05) is 6.92 Å². The van der Waals surface area contributed by atoms with Crippen molar-refractivity contribution in [3.05, 3.63) is 28.3 Å². The number of hydrogen-bond acceptors (Lipinski definition) is 3. The highest BCUT2D eigenvalue weighted by molar-refractivity contribution is 8.03. The highest BCUT2D eigenvalue weighted by Gasteiger charge is 2.28. The average Bonchev–Trinajstić information content (AvgIpc) is 2.33. The molecule has 4 nitrogen and oxygen atoms in total. The van der Waals surface area contributed by atoms with Crippen LogP contribution < -0.4 is 0 Å². The van der Waals surface area contributed by atoms with E-state index in [4.69, 9.17) is 15.0 Å². The van der Waals surface area contributed by atoms with Crippen LogP contribution in [0.2, 0.25) is 0 Å². The van der Waals surface area contributed by atoms with Crippen LogP contribution in [0.3, 0.4) is 0 Å². The summed E-state index contributed by atoms with van der Waals surface area (Å²) in [5.74, 6) is 1.71. The molecule has 5 heteroatoms. The van der Waals surface area contributed by atoms with E-state index in [1.54, 1.807) is 17.8 Å². The van der Waals surface area contributed by atoms with Gasteiger partial charge in [-0.15, -0.1) is 11.8 Å². The first-order chi connectivity index (χ1) is 8.26. The topological polar surface area (TPSA) is 54.9 Å². The molecule has 1 rings (SSSR count). The second-order valence-electron chi connectivity index (χ2n) is 3.31. The summed E-state index contributed by atoms with van der Waals surface area (Å²) < 4.78 is 11.0. The third kappa shape index (κ3) is 3.73. The summed E-state index contributed by atoms with van der Waals surface area (Å²) in [4.78, 5) is 4.30. The highest BCUT2D eigenvalue weighted by atomic mass is 32.2. The standard InChI is InChI=1S/C12H18N2O2S/c1-4-15-10-8-12(17-6-3)11(16-5-2)7-9(10)14-13/h7-8,10H,4-6H2,1-3H3. The molecule has 0 N–H and O–H groups in total. The molecule has 94 valence electrons. The van der Waals surface area contributed by atoms with Crippen molar-refractivity contribution < 1.29 is 14.3 Å². The zero-order chi connectivity index (χ0) is 12.7. The molecule has 0 spiro atoms. The Labute approximate surface area is 106 Å². The predicted octanol–water partition coefficient (Wildman–Crippen LogP) is 2.63. The molecule has 0 aliphatic heterocycles. The Morgan fingerprint density at radius 2 is 2.12 bits per heavy atom. The molecule has 1 aliphatic carbocycles. The Balaban J connectivity index is 2.97. The van der Waals surface area contributed by atoms with Gasteiger partial charge in [0.2, 0.25) is 0 Å². The van der Waals surface area contributed by atoms with Gasteiger partial charge in [-0.25, -0.2) is 0 Å². The lowest BCUT2D eigenvalue weighted by molar-refractivity contribution is -0.0221. The molecule has 0 saturated heterocycles. The normalized spacial score (nSPS) is 19.5. The zero-order valence-electron chi connectivity index (χ0n) is 10.5. The molecule has 0 saturated carbocycles. The van der Waals surface area contributed by atoms with E-state index in [0.29, 0.717) is 18.9 Å². The van der Waals surface area contributed by atoms with E-state index in [1.165, 1.54) is 0 Å². The van der Waals surface area contributed by atoms with Crippen molar-refractivity contribution in [3.8, 4) is 0 Å². The Kier molecular flexibility index (Phi) is 6.05. The van der Waals surface area contributed by atoms with Gasteiger partial charge < -0.3 is 15.0 Å². The lowest BCUT2D eigenvalue weighted by atomic mass is 10.1. The number of ether oxygens (including phenoxy) is 2. The molecule has 1 aliphatic rings. The number of hydrogen-bond donors (Lipinski definition) is 0. The van der Waals surface area contributed by atoms with Gasteiger partial charge in [0.1, 0.15) is 5.76 Å². The number of rotatable bonds is 6. The first-order valence-corrected chi connectivity index (χ1v) is 6.78. The molecule has 1 atom stereocenters. The largest absolute Gasteiger partial charge is 0.492 e. The molecule has 1 unspecified atom stereocenters. The van der Waals surface area contributed by atoms with Crippen LogP contribution in [0, 0.1) is 0 Å². The summed E-state index contributed by atoms with van der Waals surface area (Å²) in [6.07, 6.45) is 3.39. The monoisotopic (exact) mass is 254 g/mol. The molecule has 0 heterocycles. The minimum Gasteiger partial charge on any atom is -0.492 e. The van der Waals surface area contributed by atoms with Crippen LogP contribution in [-0.2, 0) is 9.47 Å². The maximum Gasteiger partial charge on any atom is 0.328 e. The summed E-state index contributed by atoms with van der Waals surface area (Å²) in [6, 6.07) is 0. The van der Waals surface area contributed by atoms with Crippen molar-refractivity contribution in [2.24, 2.45) is 0 Å². The van der Waals surface area contributed by atoms with Crippen LogP contribution in [0.4, 0.5) is 0 Å². The van der Waals surface area contributed by atoms with Crippen LogP contribution >= 0.6 is 11.8 Å². The molecule has 17 heavy (non-hydrogen) atoms. The molecule has 0 aromatic rings. The SMILES string of the molecule is CCOC1=CC(=[N+]=[N-])C(OCC)C=C1SCC. The van der Waals surface area contributed by atoms with E-state index in [1.807, 2.05) is 19.9 Å². The van der Waals surface area contributed by atoms with Crippen molar-refractivity contribution in [1.29, 1.82) is 0 Å². The summed E-state index contributed by atoms with van der Waals surface area (Å²) in [7, 11) is 0. The van der Waals surface area contributed by atoms with Gasteiger partial charge in [0, 0.05) is 11.5 Å². The number of nitrogens with zero attached hydrogens (tertiary/aromatic N) is 2. The van der Waals surface area contributed by atoms with Crippen LogP contribution in [0.5, 0.6) is 0 Å². The van der Waals surface area contributed by atoms with Crippen LogP contribution in [0.25, 0.3) is 5.53 Å². The fourth-order valence-corrected chi connectivity index (χ4v) is 2.33. The maximum absolute atomic E-state index is 8.96. The van der Waals surface area contributed by atoms with Crippen molar-refractivity contribution in [1.82, 2.24) is 0 Å². The molecule has 0 aromatic carbocycles. The van der Waals surface area contributed by atoms with E-state index in [9.17, 15) is 0 Å². The van der Waals surface area contributed by atoms with Gasteiger partial charge in [-0.3, -0.25) is 0 Å². The molecular weight excluding hydrogens is 236 g/mol. The van der Waals surface area contributed by atoms with Crippen molar-refractivity contribution in [2.45, 2.75) is 26.9 Å². The predicted molar refractivity (Wildman–Crippen MR) is 70.0 cm³/mol. The second kappa shape index (κ2) is 7.33. The molecular formula is C12H18N2O2S. The van der Waals surface area contributed by atoms with E-state index in [0.717, 1.165) is 16.4 Å². The van der Waals surface area contributed by atoms with Gasteiger partial charge in [-0.05, 0) is 25.7 Å². The minimum absolute atomic E-state index is 0.289. The van der Waals surface area contributed by atoms with E-state index >= 15 is 0 Å². The van der Waals surface area contributed by atoms with Gasteiger partial charge in [0.25, 0.3) is 0 Å². The van der Waals surface area contributed by atoms with Crippen LogP contribution in [0.15, 0.2) is 22.8 Å². The second-order valence-corrected chi connectivity index (χ2v) is 4.61.